The summed E-state index contributed by atoms with van der Waals surface area (Å²) in [6.45, 7) is 6.94. The molecular weight excluding hydrogens is 334 g/mol. The van der Waals surface area contributed by atoms with Gasteiger partial charge < -0.3 is 14.5 Å². The summed E-state index contributed by atoms with van der Waals surface area (Å²) < 4.78 is 11.4. The summed E-state index contributed by atoms with van der Waals surface area (Å²) in [7, 11) is 0. The number of nitrogens with one attached hydrogen (secondary N) is 1. The number of benzene rings is 1. The number of ether oxygens (including phenoxy) is 1. The lowest BCUT2D eigenvalue weighted by Gasteiger charge is -2.45. The number of hydrogen-bond acceptors (Lipinski definition) is 3. The molecule has 2 heterocycles. The molecule has 1 atom stereocenters. The highest BCUT2D eigenvalue weighted by atomic mass is 35.5. The standard InChI is InChI=1S/C21H28ClNO2/c1-20(2)16-21(10-13-25-20,14-17-6-3-4-8-19(17)22)9-11-23-15-18-7-5-12-24-18/h3-8,12,23H,9-11,13-16H2,1-2H3/t21-/m0/s1. The number of furan rings is 1. The van der Waals surface area contributed by atoms with Crippen molar-refractivity contribution in [3.63, 3.8) is 0 Å². The molecule has 0 spiro atoms. The molecule has 3 nitrogen and oxygen atoms in total. The lowest BCUT2D eigenvalue weighted by Crippen LogP contribution is -2.43. The van der Waals surface area contributed by atoms with Gasteiger partial charge in [-0.3, -0.25) is 0 Å². The second-order valence-electron chi connectivity index (χ2n) is 7.81. The molecule has 3 rings (SSSR count). The Balaban J connectivity index is 1.67. The SMILES string of the molecule is CC1(C)C[C@](CCNCc2ccco2)(Cc2ccccc2Cl)CCO1. The lowest BCUT2D eigenvalue weighted by atomic mass is 9.68. The fourth-order valence-corrected chi connectivity index (χ4v) is 4.27. The summed E-state index contributed by atoms with van der Waals surface area (Å²) in [5.41, 5.74) is 1.37. The zero-order valence-electron chi connectivity index (χ0n) is 15.2. The van der Waals surface area contributed by atoms with Gasteiger partial charge in [0.1, 0.15) is 5.76 Å². The smallest absolute Gasteiger partial charge is 0.117 e. The van der Waals surface area contributed by atoms with E-state index in [0.29, 0.717) is 0 Å². The molecule has 0 radical (unpaired) electrons. The Morgan fingerprint density at radius 2 is 2.00 bits per heavy atom. The highest BCUT2D eigenvalue weighted by molar-refractivity contribution is 6.31. The van der Waals surface area contributed by atoms with Crippen LogP contribution in [0.15, 0.2) is 47.1 Å². The molecule has 0 unspecified atom stereocenters. The van der Waals surface area contributed by atoms with Crippen molar-refractivity contribution in [2.75, 3.05) is 13.2 Å². The second-order valence-corrected chi connectivity index (χ2v) is 8.22. The monoisotopic (exact) mass is 361 g/mol. The van der Waals surface area contributed by atoms with E-state index >= 15 is 0 Å². The molecule has 0 bridgehead atoms. The van der Waals surface area contributed by atoms with Crippen LogP contribution < -0.4 is 5.32 Å². The van der Waals surface area contributed by atoms with Gasteiger partial charge in [-0.05, 0) is 75.3 Å². The molecule has 1 aromatic heterocycles. The van der Waals surface area contributed by atoms with Crippen LogP contribution >= 0.6 is 11.6 Å². The Labute approximate surface area is 155 Å². The summed E-state index contributed by atoms with van der Waals surface area (Å²) >= 11 is 6.45. The van der Waals surface area contributed by atoms with Gasteiger partial charge in [-0.25, -0.2) is 0 Å². The molecule has 0 amide bonds. The van der Waals surface area contributed by atoms with Crippen LogP contribution in [0.25, 0.3) is 0 Å². The Morgan fingerprint density at radius 3 is 2.72 bits per heavy atom. The van der Waals surface area contributed by atoms with Gasteiger partial charge in [-0.15, -0.1) is 0 Å². The fourth-order valence-electron chi connectivity index (χ4n) is 4.06. The van der Waals surface area contributed by atoms with Gasteiger partial charge in [0.2, 0.25) is 0 Å². The third-order valence-electron chi connectivity index (χ3n) is 5.16. The molecule has 4 heteroatoms. The summed E-state index contributed by atoms with van der Waals surface area (Å²) in [5, 5.41) is 4.39. The van der Waals surface area contributed by atoms with Crippen LogP contribution in [0, 0.1) is 5.41 Å². The molecule has 1 fully saturated rings. The third kappa shape index (κ3) is 5.10. The van der Waals surface area contributed by atoms with Crippen LogP contribution in [-0.4, -0.2) is 18.8 Å². The quantitative estimate of drug-likeness (QED) is 0.685. The molecular formula is C21H28ClNO2. The van der Waals surface area contributed by atoms with Crippen molar-refractivity contribution >= 4 is 11.6 Å². The van der Waals surface area contributed by atoms with Crippen LogP contribution in [0.1, 0.15) is 44.4 Å². The molecule has 0 aliphatic carbocycles. The van der Waals surface area contributed by atoms with Crippen LogP contribution in [-0.2, 0) is 17.7 Å². The molecule has 0 saturated carbocycles. The maximum Gasteiger partial charge on any atom is 0.117 e. The highest BCUT2D eigenvalue weighted by Crippen LogP contribution is 2.44. The van der Waals surface area contributed by atoms with Gasteiger partial charge in [0.15, 0.2) is 0 Å². The summed E-state index contributed by atoms with van der Waals surface area (Å²) in [6, 6.07) is 12.2. The average Bonchev–Trinajstić information content (AvgIpc) is 3.06. The van der Waals surface area contributed by atoms with Gasteiger partial charge in [0, 0.05) is 11.6 Å². The lowest BCUT2D eigenvalue weighted by molar-refractivity contribution is -0.107. The number of halogens is 1. The Hall–Kier alpha value is -1.29. The first-order chi connectivity index (χ1) is 12.0. The third-order valence-corrected chi connectivity index (χ3v) is 5.53. The molecule has 1 aromatic carbocycles. The molecule has 1 N–H and O–H groups in total. The molecule has 25 heavy (non-hydrogen) atoms. The predicted octanol–water partition coefficient (Wildman–Crippen LogP) is 5.23. The first-order valence-electron chi connectivity index (χ1n) is 9.09. The zero-order chi connectivity index (χ0) is 17.8. The van der Waals surface area contributed by atoms with Gasteiger partial charge in [-0.1, -0.05) is 29.8 Å². The Kier molecular flexibility index (Phi) is 5.88. The number of hydrogen-bond donors (Lipinski definition) is 1. The molecule has 136 valence electrons. The molecule has 2 aromatic rings. The minimum absolute atomic E-state index is 0.0828. The molecule has 1 aliphatic heterocycles. The Morgan fingerprint density at radius 1 is 1.16 bits per heavy atom. The topological polar surface area (TPSA) is 34.4 Å². The van der Waals surface area contributed by atoms with Crippen molar-refractivity contribution in [3.05, 3.63) is 59.0 Å². The normalized spacial score (nSPS) is 22.8. The summed E-state index contributed by atoms with van der Waals surface area (Å²) in [5.74, 6) is 0.979. The van der Waals surface area contributed by atoms with Gasteiger partial charge >= 0.3 is 0 Å². The van der Waals surface area contributed by atoms with E-state index in [0.717, 1.165) is 56.2 Å². The largest absolute Gasteiger partial charge is 0.468 e. The summed E-state index contributed by atoms with van der Waals surface area (Å²) in [6.07, 6.45) is 5.95. The van der Waals surface area contributed by atoms with E-state index in [-0.39, 0.29) is 11.0 Å². The first kappa shape index (κ1) is 18.5. The van der Waals surface area contributed by atoms with Crippen molar-refractivity contribution in [1.29, 1.82) is 0 Å². The van der Waals surface area contributed by atoms with Crippen molar-refractivity contribution < 1.29 is 9.15 Å². The van der Waals surface area contributed by atoms with Gasteiger partial charge in [-0.2, -0.15) is 0 Å². The van der Waals surface area contributed by atoms with Crippen LogP contribution in [0.2, 0.25) is 5.02 Å². The second kappa shape index (κ2) is 7.94. The van der Waals surface area contributed by atoms with Gasteiger partial charge in [0.05, 0.1) is 18.4 Å². The number of rotatable bonds is 7. The van der Waals surface area contributed by atoms with Crippen molar-refractivity contribution in [2.45, 2.75) is 51.7 Å². The fraction of sp³-hybridized carbons (Fsp3) is 0.524. The highest BCUT2D eigenvalue weighted by Gasteiger charge is 2.40. The van der Waals surface area contributed by atoms with Crippen molar-refractivity contribution in [2.24, 2.45) is 5.41 Å². The van der Waals surface area contributed by atoms with E-state index in [9.17, 15) is 0 Å². The maximum absolute atomic E-state index is 6.45. The van der Waals surface area contributed by atoms with Crippen molar-refractivity contribution in [1.82, 2.24) is 5.32 Å². The molecule has 1 saturated heterocycles. The van der Waals surface area contributed by atoms with E-state index in [2.05, 4.69) is 31.3 Å². The predicted molar refractivity (Wildman–Crippen MR) is 102 cm³/mol. The van der Waals surface area contributed by atoms with Gasteiger partial charge in [0.25, 0.3) is 0 Å². The van der Waals surface area contributed by atoms with Crippen LogP contribution in [0.4, 0.5) is 0 Å². The molecule has 1 aliphatic rings. The first-order valence-corrected chi connectivity index (χ1v) is 9.46. The van der Waals surface area contributed by atoms with E-state index in [4.69, 9.17) is 20.8 Å². The Bertz CT molecular complexity index is 668. The zero-order valence-corrected chi connectivity index (χ0v) is 15.9. The van der Waals surface area contributed by atoms with Crippen LogP contribution in [0.5, 0.6) is 0 Å². The van der Waals surface area contributed by atoms with Crippen LogP contribution in [0.3, 0.4) is 0 Å². The van der Waals surface area contributed by atoms with Crippen molar-refractivity contribution in [3.8, 4) is 0 Å². The summed E-state index contributed by atoms with van der Waals surface area (Å²) in [4.78, 5) is 0. The average molecular weight is 362 g/mol. The van der Waals surface area contributed by atoms with E-state index in [1.165, 1.54) is 5.56 Å². The van der Waals surface area contributed by atoms with E-state index in [1.54, 1.807) is 6.26 Å². The minimum atomic E-state index is -0.0828. The maximum atomic E-state index is 6.45. The van der Waals surface area contributed by atoms with E-state index < -0.39 is 0 Å². The van der Waals surface area contributed by atoms with E-state index in [1.807, 2.05) is 24.3 Å². The minimum Gasteiger partial charge on any atom is -0.468 e.